The van der Waals surface area contributed by atoms with Crippen LogP contribution in [0.3, 0.4) is 0 Å². The Bertz CT molecular complexity index is 152. The fraction of sp³-hybridized carbons (Fsp3) is 0.875. The molecule has 0 unspecified atom stereocenters. The van der Waals surface area contributed by atoms with Gasteiger partial charge in [-0.05, 0) is 18.2 Å². The summed E-state index contributed by atoms with van der Waals surface area (Å²) in [5, 5.41) is 1.75. The Morgan fingerprint density at radius 1 is 0.647 bits per heavy atom. The highest BCUT2D eigenvalue weighted by atomic mass is 32.1. The van der Waals surface area contributed by atoms with Crippen LogP contribution in [0.4, 0.5) is 0 Å². The van der Waals surface area contributed by atoms with E-state index in [1.165, 1.54) is 83.5 Å². The topological polar surface area (TPSA) is 0 Å². The average Bonchev–Trinajstić information content (AvgIpc) is 2.35. The maximum absolute atomic E-state index is 4.76. The molecule has 1 heteroatoms. The van der Waals surface area contributed by atoms with Gasteiger partial charge < -0.3 is 0 Å². The van der Waals surface area contributed by atoms with Gasteiger partial charge in [-0.15, -0.1) is 0 Å². The molecule has 0 amide bonds. The van der Waals surface area contributed by atoms with Crippen LogP contribution < -0.4 is 0 Å². The van der Waals surface area contributed by atoms with Crippen LogP contribution in [0.1, 0.15) is 90.4 Å². The molecular formula is C16H31S. The van der Waals surface area contributed by atoms with E-state index in [9.17, 15) is 0 Å². The van der Waals surface area contributed by atoms with E-state index < -0.39 is 0 Å². The molecule has 0 fully saturated rings. The Balaban J connectivity index is 2.89. The highest BCUT2D eigenvalue weighted by Crippen LogP contribution is 2.12. The SMILES string of the molecule is CCCCCCCCCCCCCCC=C[S]. The van der Waals surface area contributed by atoms with Gasteiger partial charge >= 0.3 is 0 Å². The normalized spacial score (nSPS) is 11.4. The fourth-order valence-electron chi connectivity index (χ4n) is 2.17. The number of allylic oxidation sites excluding steroid dienone is 1. The molecule has 0 spiro atoms. The van der Waals surface area contributed by atoms with Crippen LogP contribution in [-0.2, 0) is 0 Å². The minimum Gasteiger partial charge on any atom is -0.0891 e. The van der Waals surface area contributed by atoms with Gasteiger partial charge in [0.1, 0.15) is 0 Å². The van der Waals surface area contributed by atoms with Crippen LogP contribution in [0.25, 0.3) is 0 Å². The van der Waals surface area contributed by atoms with E-state index in [2.05, 4.69) is 13.0 Å². The van der Waals surface area contributed by atoms with Crippen LogP contribution in [0.15, 0.2) is 11.5 Å². The summed E-state index contributed by atoms with van der Waals surface area (Å²) in [6.07, 6.45) is 20.4. The van der Waals surface area contributed by atoms with Crippen molar-refractivity contribution in [1.29, 1.82) is 0 Å². The van der Waals surface area contributed by atoms with Gasteiger partial charge in [-0.1, -0.05) is 96.3 Å². The van der Waals surface area contributed by atoms with Crippen molar-refractivity contribution in [3.05, 3.63) is 11.5 Å². The second kappa shape index (κ2) is 16.0. The van der Waals surface area contributed by atoms with Gasteiger partial charge in [0, 0.05) is 0 Å². The summed E-state index contributed by atoms with van der Waals surface area (Å²) in [4.78, 5) is 0. The predicted molar refractivity (Wildman–Crippen MR) is 82.4 cm³/mol. The van der Waals surface area contributed by atoms with Crippen LogP contribution in [0, 0.1) is 0 Å². The molecule has 1 radical (unpaired) electrons. The van der Waals surface area contributed by atoms with Crippen molar-refractivity contribution in [2.45, 2.75) is 90.4 Å². The van der Waals surface area contributed by atoms with Gasteiger partial charge in [0.25, 0.3) is 0 Å². The number of rotatable bonds is 13. The maximum Gasteiger partial charge on any atom is -0.00265 e. The Morgan fingerprint density at radius 3 is 1.47 bits per heavy atom. The van der Waals surface area contributed by atoms with E-state index in [1.54, 1.807) is 5.41 Å². The maximum atomic E-state index is 4.76. The minimum absolute atomic E-state index is 1.18. The zero-order valence-corrected chi connectivity index (χ0v) is 12.6. The van der Waals surface area contributed by atoms with E-state index in [1.807, 2.05) is 0 Å². The molecule has 0 nitrogen and oxygen atoms in total. The van der Waals surface area contributed by atoms with Crippen molar-refractivity contribution < 1.29 is 0 Å². The van der Waals surface area contributed by atoms with Gasteiger partial charge in [-0.25, -0.2) is 0 Å². The first kappa shape index (κ1) is 17.0. The fourth-order valence-corrected chi connectivity index (χ4v) is 2.31. The molecule has 0 aliphatic carbocycles. The van der Waals surface area contributed by atoms with Crippen molar-refractivity contribution in [2.75, 3.05) is 0 Å². The van der Waals surface area contributed by atoms with Crippen molar-refractivity contribution in [2.24, 2.45) is 0 Å². The molecule has 0 bridgehead atoms. The lowest BCUT2D eigenvalue weighted by Gasteiger charge is -2.02. The monoisotopic (exact) mass is 255 g/mol. The van der Waals surface area contributed by atoms with E-state index in [-0.39, 0.29) is 0 Å². The van der Waals surface area contributed by atoms with Crippen LogP contribution in [-0.4, -0.2) is 0 Å². The Morgan fingerprint density at radius 2 is 1.06 bits per heavy atom. The zero-order chi connectivity index (χ0) is 12.6. The first-order chi connectivity index (χ1) is 8.41. The smallest absolute Gasteiger partial charge is 0.00265 e. The van der Waals surface area contributed by atoms with Gasteiger partial charge in [-0.3, -0.25) is 0 Å². The molecule has 0 saturated heterocycles. The third-order valence-corrected chi connectivity index (χ3v) is 3.51. The van der Waals surface area contributed by atoms with Crippen LogP contribution >= 0.6 is 12.6 Å². The summed E-state index contributed by atoms with van der Waals surface area (Å²) >= 11 is 4.76. The number of unbranched alkanes of at least 4 members (excludes halogenated alkanes) is 12. The van der Waals surface area contributed by atoms with E-state index in [4.69, 9.17) is 12.6 Å². The van der Waals surface area contributed by atoms with E-state index in [0.29, 0.717) is 0 Å². The van der Waals surface area contributed by atoms with Gasteiger partial charge in [0.2, 0.25) is 0 Å². The standard InChI is InChI=1S/C16H31S/c1-2-3-4-5-6-7-8-9-10-11-12-13-14-15-16-17/h15-16H,2-14H2,1H3. The molecule has 0 aliphatic heterocycles. The summed E-state index contributed by atoms with van der Waals surface area (Å²) in [5.41, 5.74) is 0. The Labute approximate surface area is 115 Å². The summed E-state index contributed by atoms with van der Waals surface area (Å²) in [6.45, 7) is 2.28. The van der Waals surface area contributed by atoms with Crippen molar-refractivity contribution in [1.82, 2.24) is 0 Å². The summed E-state index contributed by atoms with van der Waals surface area (Å²) in [7, 11) is 0. The van der Waals surface area contributed by atoms with E-state index >= 15 is 0 Å². The molecule has 0 atom stereocenters. The quantitative estimate of drug-likeness (QED) is 0.318. The third kappa shape index (κ3) is 16.0. The van der Waals surface area contributed by atoms with Gasteiger partial charge in [0.15, 0.2) is 0 Å². The van der Waals surface area contributed by atoms with Crippen molar-refractivity contribution >= 4 is 12.6 Å². The van der Waals surface area contributed by atoms with Crippen molar-refractivity contribution in [3.63, 3.8) is 0 Å². The van der Waals surface area contributed by atoms with Crippen LogP contribution in [0.2, 0.25) is 0 Å². The Kier molecular flexibility index (Phi) is 15.9. The largest absolute Gasteiger partial charge is 0.0891 e. The molecule has 0 heterocycles. The molecule has 0 rings (SSSR count). The number of hydrogen-bond donors (Lipinski definition) is 0. The lowest BCUT2D eigenvalue weighted by Crippen LogP contribution is -1.82. The molecule has 101 valence electrons. The second-order valence-electron chi connectivity index (χ2n) is 5.05. The lowest BCUT2D eigenvalue weighted by molar-refractivity contribution is 0.545. The molecule has 0 N–H and O–H groups in total. The first-order valence-electron chi connectivity index (χ1n) is 7.68. The third-order valence-electron chi connectivity index (χ3n) is 3.32. The first-order valence-corrected chi connectivity index (χ1v) is 8.16. The van der Waals surface area contributed by atoms with E-state index in [0.717, 1.165) is 0 Å². The molecule has 0 saturated carbocycles. The molecule has 0 aromatic heterocycles. The molecule has 0 aliphatic rings. The summed E-state index contributed by atoms with van der Waals surface area (Å²) in [5.74, 6) is 0. The van der Waals surface area contributed by atoms with Gasteiger partial charge in [-0.2, -0.15) is 0 Å². The molecule has 17 heavy (non-hydrogen) atoms. The second-order valence-corrected chi connectivity index (χ2v) is 5.32. The van der Waals surface area contributed by atoms with Crippen LogP contribution in [0.5, 0.6) is 0 Å². The number of hydrogen-bond acceptors (Lipinski definition) is 0. The zero-order valence-electron chi connectivity index (χ0n) is 11.8. The lowest BCUT2D eigenvalue weighted by atomic mass is 10.0. The minimum atomic E-state index is 1.18. The average molecular weight is 255 g/mol. The molecule has 0 aromatic carbocycles. The highest BCUT2D eigenvalue weighted by Gasteiger charge is 1.92. The summed E-state index contributed by atoms with van der Waals surface area (Å²) < 4.78 is 0. The molecule has 0 aromatic rings. The predicted octanol–water partition coefficient (Wildman–Crippen LogP) is 6.79. The van der Waals surface area contributed by atoms with Crippen molar-refractivity contribution in [3.8, 4) is 0 Å². The summed E-state index contributed by atoms with van der Waals surface area (Å²) in [6, 6.07) is 0. The molecular weight excluding hydrogens is 224 g/mol. The highest BCUT2D eigenvalue weighted by molar-refractivity contribution is 7.83. The Hall–Kier alpha value is -0.0400. The van der Waals surface area contributed by atoms with Gasteiger partial charge in [0.05, 0.1) is 0 Å².